The summed E-state index contributed by atoms with van der Waals surface area (Å²) >= 11 is 0. The van der Waals surface area contributed by atoms with Gasteiger partial charge in [0.05, 0.1) is 6.61 Å². The Morgan fingerprint density at radius 3 is 2.46 bits per heavy atom. The van der Waals surface area contributed by atoms with Gasteiger partial charge in [0.15, 0.2) is 0 Å². The van der Waals surface area contributed by atoms with Gasteiger partial charge in [-0.3, -0.25) is 4.79 Å². The highest BCUT2D eigenvalue weighted by atomic mass is 16.6. The number of piperidine rings is 1. The number of amides is 2. The van der Waals surface area contributed by atoms with Gasteiger partial charge in [0, 0.05) is 31.1 Å². The summed E-state index contributed by atoms with van der Waals surface area (Å²) in [5.41, 5.74) is -0.243. The topological polar surface area (TPSA) is 61.9 Å². The molecule has 6 nitrogen and oxygen atoms in total. The monoisotopic (exact) mass is 367 g/mol. The Morgan fingerprint density at radius 2 is 1.85 bits per heavy atom. The molecule has 0 aromatic rings. The number of hydrogen-bond donors (Lipinski definition) is 1. The van der Waals surface area contributed by atoms with Crippen molar-refractivity contribution < 1.29 is 14.3 Å². The molecule has 0 radical (unpaired) electrons. The van der Waals surface area contributed by atoms with Crippen LogP contribution >= 0.6 is 0 Å². The van der Waals surface area contributed by atoms with Crippen LogP contribution in [-0.2, 0) is 9.53 Å². The van der Waals surface area contributed by atoms with Gasteiger partial charge in [0.1, 0.15) is 0 Å². The molecule has 2 aliphatic rings. The molecule has 2 amide bonds. The van der Waals surface area contributed by atoms with E-state index in [1.54, 1.807) is 0 Å². The largest absolute Gasteiger partial charge is 0.450 e. The Labute approximate surface area is 158 Å². The van der Waals surface area contributed by atoms with Gasteiger partial charge < -0.3 is 19.9 Å². The van der Waals surface area contributed by atoms with Gasteiger partial charge in [0.25, 0.3) is 0 Å². The normalized spacial score (nSPS) is 24.2. The fraction of sp³-hybridized carbons (Fsp3) is 0.900. The van der Waals surface area contributed by atoms with E-state index in [9.17, 15) is 9.59 Å². The summed E-state index contributed by atoms with van der Waals surface area (Å²) in [4.78, 5) is 28.9. The highest BCUT2D eigenvalue weighted by molar-refractivity contribution is 5.82. The summed E-state index contributed by atoms with van der Waals surface area (Å²) < 4.78 is 5.14. The number of hydrogen-bond acceptors (Lipinski definition) is 4. The van der Waals surface area contributed by atoms with Gasteiger partial charge in [-0.25, -0.2) is 4.79 Å². The van der Waals surface area contributed by atoms with Crippen LogP contribution in [0, 0.1) is 11.3 Å². The molecule has 150 valence electrons. The van der Waals surface area contributed by atoms with Gasteiger partial charge in [-0.1, -0.05) is 20.8 Å². The molecule has 2 heterocycles. The molecular weight excluding hydrogens is 330 g/mol. The molecular formula is C20H37N3O3. The first kappa shape index (κ1) is 21.0. The maximum absolute atomic E-state index is 12.6. The molecule has 6 heteroatoms. The van der Waals surface area contributed by atoms with Crippen LogP contribution in [-0.4, -0.2) is 67.2 Å². The van der Waals surface area contributed by atoms with Gasteiger partial charge in [-0.2, -0.15) is 0 Å². The van der Waals surface area contributed by atoms with Gasteiger partial charge in [-0.15, -0.1) is 0 Å². The van der Waals surface area contributed by atoms with Crippen molar-refractivity contribution in [2.75, 3.05) is 39.3 Å². The summed E-state index contributed by atoms with van der Waals surface area (Å²) in [5, 5.41) is 3.11. The van der Waals surface area contributed by atoms with Crippen molar-refractivity contribution in [2.24, 2.45) is 11.3 Å². The highest BCUT2D eigenvalue weighted by Crippen LogP contribution is 2.33. The fourth-order valence-corrected chi connectivity index (χ4v) is 3.96. The van der Waals surface area contributed by atoms with Crippen LogP contribution in [0.25, 0.3) is 0 Å². The molecule has 0 aromatic heterocycles. The molecule has 2 aliphatic heterocycles. The molecule has 2 saturated heterocycles. The fourth-order valence-electron chi connectivity index (χ4n) is 3.96. The predicted octanol–water partition coefficient (Wildman–Crippen LogP) is 2.87. The minimum absolute atomic E-state index is 0.179. The van der Waals surface area contributed by atoms with Crippen LogP contribution in [0.15, 0.2) is 0 Å². The van der Waals surface area contributed by atoms with E-state index in [2.05, 4.69) is 31.0 Å². The summed E-state index contributed by atoms with van der Waals surface area (Å²) in [6.07, 6.45) is 4.78. The van der Waals surface area contributed by atoms with Gasteiger partial charge in [0.2, 0.25) is 5.91 Å². The maximum atomic E-state index is 12.6. The summed E-state index contributed by atoms with van der Waals surface area (Å²) in [5.74, 6) is 0.691. The second-order valence-corrected chi connectivity index (χ2v) is 8.47. The van der Waals surface area contributed by atoms with Crippen LogP contribution in [0.1, 0.15) is 59.8 Å². The zero-order chi connectivity index (χ0) is 19.2. The van der Waals surface area contributed by atoms with Crippen molar-refractivity contribution in [3.63, 3.8) is 0 Å². The number of carbonyl (C=O) groups is 2. The van der Waals surface area contributed by atoms with Crippen molar-refractivity contribution in [1.82, 2.24) is 15.1 Å². The van der Waals surface area contributed by atoms with Crippen LogP contribution in [0.2, 0.25) is 0 Å². The average molecular weight is 368 g/mol. The number of nitrogens with zero attached hydrogens (tertiary/aromatic N) is 2. The number of ether oxygens (including phenoxy) is 1. The quantitative estimate of drug-likeness (QED) is 0.812. The van der Waals surface area contributed by atoms with Crippen molar-refractivity contribution in [1.29, 1.82) is 0 Å². The Hall–Kier alpha value is -1.30. The third-order valence-electron chi connectivity index (χ3n) is 5.86. The molecule has 0 spiro atoms. The van der Waals surface area contributed by atoms with E-state index >= 15 is 0 Å². The number of carbonyl (C=O) groups excluding carboxylic acids is 2. The minimum Gasteiger partial charge on any atom is -0.450 e. The molecule has 2 rings (SSSR count). The lowest BCUT2D eigenvalue weighted by molar-refractivity contribution is -0.133. The maximum Gasteiger partial charge on any atom is 0.409 e. The number of rotatable bonds is 5. The molecule has 0 saturated carbocycles. The van der Waals surface area contributed by atoms with Crippen LogP contribution in [0.5, 0.6) is 0 Å². The second kappa shape index (κ2) is 9.58. The van der Waals surface area contributed by atoms with E-state index in [0.717, 1.165) is 64.8 Å². The Morgan fingerprint density at radius 1 is 1.15 bits per heavy atom. The van der Waals surface area contributed by atoms with Crippen molar-refractivity contribution in [3.8, 4) is 0 Å². The summed E-state index contributed by atoms with van der Waals surface area (Å²) in [6, 6.07) is 0.512. The van der Waals surface area contributed by atoms with E-state index in [1.807, 2.05) is 11.8 Å². The Bertz CT molecular complexity index is 473. The number of likely N-dealkylation sites (tertiary alicyclic amines) is 2. The lowest BCUT2D eigenvalue weighted by Gasteiger charge is -2.41. The van der Waals surface area contributed by atoms with Crippen LogP contribution < -0.4 is 5.32 Å². The second-order valence-electron chi connectivity index (χ2n) is 8.47. The SMILES string of the molecule is CCOC(=O)N1CCCC(N2CCC(C)(C(=O)NCC(C)C)CC2)CC1. The molecule has 0 bridgehead atoms. The van der Waals surface area contributed by atoms with E-state index in [-0.39, 0.29) is 17.4 Å². The lowest BCUT2D eigenvalue weighted by atomic mass is 9.78. The lowest BCUT2D eigenvalue weighted by Crippen LogP contribution is -2.50. The van der Waals surface area contributed by atoms with Crippen molar-refractivity contribution in [2.45, 2.75) is 65.8 Å². The zero-order valence-electron chi connectivity index (χ0n) is 17.1. The van der Waals surface area contributed by atoms with Crippen molar-refractivity contribution in [3.05, 3.63) is 0 Å². The van der Waals surface area contributed by atoms with Gasteiger partial charge >= 0.3 is 6.09 Å². The van der Waals surface area contributed by atoms with E-state index in [1.165, 1.54) is 0 Å². The Balaban J connectivity index is 1.82. The third-order valence-corrected chi connectivity index (χ3v) is 5.86. The molecule has 0 aromatic carbocycles. The average Bonchev–Trinajstić information content (AvgIpc) is 2.86. The first-order chi connectivity index (χ1) is 12.4. The van der Waals surface area contributed by atoms with Crippen molar-refractivity contribution >= 4 is 12.0 Å². The van der Waals surface area contributed by atoms with E-state index < -0.39 is 0 Å². The van der Waals surface area contributed by atoms with Crippen LogP contribution in [0.4, 0.5) is 4.79 Å². The summed E-state index contributed by atoms with van der Waals surface area (Å²) in [7, 11) is 0. The molecule has 1 atom stereocenters. The predicted molar refractivity (Wildman–Crippen MR) is 103 cm³/mol. The molecule has 1 N–H and O–H groups in total. The van der Waals surface area contributed by atoms with E-state index in [0.29, 0.717) is 18.6 Å². The summed E-state index contributed by atoms with van der Waals surface area (Å²) in [6.45, 7) is 12.9. The zero-order valence-corrected chi connectivity index (χ0v) is 17.1. The first-order valence-corrected chi connectivity index (χ1v) is 10.3. The molecule has 0 aliphatic carbocycles. The smallest absolute Gasteiger partial charge is 0.409 e. The van der Waals surface area contributed by atoms with E-state index in [4.69, 9.17) is 4.74 Å². The number of nitrogens with one attached hydrogen (secondary N) is 1. The Kier molecular flexibility index (Phi) is 7.74. The molecule has 1 unspecified atom stereocenters. The standard InChI is InChI=1S/C20H37N3O3/c1-5-26-19(25)23-11-6-7-17(8-12-23)22-13-9-20(4,10-14-22)18(24)21-15-16(2)3/h16-17H,5-15H2,1-4H3,(H,21,24). The first-order valence-electron chi connectivity index (χ1n) is 10.3. The van der Waals surface area contributed by atoms with Crippen LogP contribution in [0.3, 0.4) is 0 Å². The van der Waals surface area contributed by atoms with Gasteiger partial charge in [-0.05, 0) is 58.0 Å². The third kappa shape index (κ3) is 5.60. The molecule has 2 fully saturated rings. The minimum atomic E-state index is -0.243. The highest BCUT2D eigenvalue weighted by Gasteiger charge is 2.38. The molecule has 26 heavy (non-hydrogen) atoms.